The monoisotopic (exact) mass is 260 g/mol. The fourth-order valence-corrected chi connectivity index (χ4v) is 1.39. The molecule has 0 heterocycles. The largest absolute Gasteiger partial charge is 0.489 e. The highest BCUT2D eigenvalue weighted by molar-refractivity contribution is 5.24. The van der Waals surface area contributed by atoms with Crippen molar-refractivity contribution in [3.05, 3.63) is 71.8 Å². The SMILES string of the molecule is C=C(/C=C\C(=C/C)OCc1ccccc1F)C(C)C. The summed E-state index contributed by atoms with van der Waals surface area (Å²) >= 11 is 0. The Bertz CT molecular complexity index is 484. The summed E-state index contributed by atoms with van der Waals surface area (Å²) in [7, 11) is 0. The number of allylic oxidation sites excluding steroid dienone is 4. The van der Waals surface area contributed by atoms with Gasteiger partial charge in [-0.15, -0.1) is 0 Å². The molecule has 0 bridgehead atoms. The first-order chi connectivity index (χ1) is 9.04. The summed E-state index contributed by atoms with van der Waals surface area (Å²) in [6.45, 7) is 10.2. The third-order valence-electron chi connectivity index (χ3n) is 2.84. The molecule has 0 saturated heterocycles. The van der Waals surface area contributed by atoms with Crippen LogP contribution in [0.3, 0.4) is 0 Å². The molecule has 0 spiro atoms. The van der Waals surface area contributed by atoms with Gasteiger partial charge in [-0.25, -0.2) is 4.39 Å². The molecule has 102 valence electrons. The minimum absolute atomic E-state index is 0.227. The van der Waals surface area contributed by atoms with E-state index in [2.05, 4.69) is 20.4 Å². The van der Waals surface area contributed by atoms with Crippen molar-refractivity contribution in [1.29, 1.82) is 0 Å². The highest BCUT2D eigenvalue weighted by Crippen LogP contribution is 2.13. The maximum atomic E-state index is 13.4. The lowest BCUT2D eigenvalue weighted by atomic mass is 10.1. The third-order valence-corrected chi connectivity index (χ3v) is 2.84. The van der Waals surface area contributed by atoms with E-state index in [0.717, 1.165) is 5.57 Å². The molecule has 0 fully saturated rings. The van der Waals surface area contributed by atoms with E-state index in [1.165, 1.54) is 6.07 Å². The molecule has 1 aromatic carbocycles. The number of hydrogen-bond acceptors (Lipinski definition) is 1. The van der Waals surface area contributed by atoms with Crippen LogP contribution in [-0.2, 0) is 11.3 Å². The summed E-state index contributed by atoms with van der Waals surface area (Å²) in [5.41, 5.74) is 1.59. The highest BCUT2D eigenvalue weighted by Gasteiger charge is 2.02. The highest BCUT2D eigenvalue weighted by atomic mass is 19.1. The summed E-state index contributed by atoms with van der Waals surface area (Å²) in [6.07, 6.45) is 5.65. The minimum Gasteiger partial charge on any atom is -0.489 e. The number of ether oxygens (including phenoxy) is 1. The van der Waals surface area contributed by atoms with Crippen LogP contribution in [0.5, 0.6) is 0 Å². The molecular formula is C17H21FO. The second kappa shape index (κ2) is 7.57. The predicted octanol–water partition coefficient (Wildman–Crippen LogP) is 5.01. The summed E-state index contributed by atoms with van der Waals surface area (Å²) < 4.78 is 19.0. The standard InChI is InChI=1S/C17H21FO/c1-5-16(11-10-14(4)13(2)3)19-12-15-8-6-7-9-17(15)18/h5-11,13H,4,12H2,1-3H3/b11-10-,16-5+. The van der Waals surface area contributed by atoms with Crippen molar-refractivity contribution >= 4 is 0 Å². The maximum absolute atomic E-state index is 13.4. The van der Waals surface area contributed by atoms with Crippen LogP contribution < -0.4 is 0 Å². The van der Waals surface area contributed by atoms with Gasteiger partial charge in [-0.3, -0.25) is 0 Å². The van der Waals surface area contributed by atoms with Gasteiger partial charge in [0.15, 0.2) is 0 Å². The van der Waals surface area contributed by atoms with E-state index in [9.17, 15) is 4.39 Å². The normalized spacial score (nSPS) is 12.2. The topological polar surface area (TPSA) is 9.23 Å². The first-order valence-electron chi connectivity index (χ1n) is 6.44. The third kappa shape index (κ3) is 5.12. The molecule has 0 atom stereocenters. The van der Waals surface area contributed by atoms with Crippen molar-refractivity contribution in [3.8, 4) is 0 Å². The first-order valence-corrected chi connectivity index (χ1v) is 6.44. The van der Waals surface area contributed by atoms with E-state index >= 15 is 0 Å². The maximum Gasteiger partial charge on any atom is 0.129 e. The van der Waals surface area contributed by atoms with Gasteiger partial charge in [0.2, 0.25) is 0 Å². The Morgan fingerprint density at radius 2 is 2.00 bits per heavy atom. The van der Waals surface area contributed by atoms with Gasteiger partial charge in [-0.05, 0) is 31.1 Å². The van der Waals surface area contributed by atoms with Crippen molar-refractivity contribution in [3.63, 3.8) is 0 Å². The van der Waals surface area contributed by atoms with Gasteiger partial charge in [-0.2, -0.15) is 0 Å². The van der Waals surface area contributed by atoms with Crippen molar-refractivity contribution in [2.45, 2.75) is 27.4 Å². The molecule has 0 aliphatic heterocycles. The summed E-state index contributed by atoms with van der Waals surface area (Å²) in [4.78, 5) is 0. The lowest BCUT2D eigenvalue weighted by Gasteiger charge is -2.08. The van der Waals surface area contributed by atoms with Gasteiger partial charge in [0.25, 0.3) is 0 Å². The van der Waals surface area contributed by atoms with Crippen molar-refractivity contribution in [1.82, 2.24) is 0 Å². The van der Waals surface area contributed by atoms with Crippen LogP contribution in [0.1, 0.15) is 26.3 Å². The number of halogens is 1. The van der Waals surface area contributed by atoms with Gasteiger partial charge in [0.05, 0.1) is 0 Å². The molecule has 19 heavy (non-hydrogen) atoms. The zero-order valence-electron chi connectivity index (χ0n) is 11.8. The van der Waals surface area contributed by atoms with Gasteiger partial charge in [0, 0.05) is 5.56 Å². The molecule has 0 radical (unpaired) electrons. The number of benzene rings is 1. The van der Waals surface area contributed by atoms with E-state index in [0.29, 0.717) is 17.2 Å². The van der Waals surface area contributed by atoms with Crippen LogP contribution in [0.15, 0.2) is 60.4 Å². The fraction of sp³-hybridized carbons (Fsp3) is 0.294. The Kier molecular flexibility index (Phi) is 6.07. The molecule has 0 aromatic heterocycles. The lowest BCUT2D eigenvalue weighted by Crippen LogP contribution is -1.95. The molecule has 0 N–H and O–H groups in total. The minimum atomic E-state index is -0.242. The van der Waals surface area contributed by atoms with Gasteiger partial charge >= 0.3 is 0 Å². The van der Waals surface area contributed by atoms with Crippen molar-refractivity contribution in [2.24, 2.45) is 5.92 Å². The number of hydrogen-bond donors (Lipinski definition) is 0. The van der Waals surface area contributed by atoms with Gasteiger partial charge < -0.3 is 4.74 Å². The molecule has 1 nitrogen and oxygen atoms in total. The van der Waals surface area contributed by atoms with E-state index in [1.807, 2.05) is 25.2 Å². The Labute approximate surface area is 115 Å². The molecule has 0 saturated carbocycles. The fourth-order valence-electron chi connectivity index (χ4n) is 1.39. The van der Waals surface area contributed by atoms with Crippen molar-refractivity contribution < 1.29 is 9.13 Å². The summed E-state index contributed by atoms with van der Waals surface area (Å²) in [5, 5.41) is 0. The zero-order chi connectivity index (χ0) is 14.3. The van der Waals surface area contributed by atoms with E-state index in [4.69, 9.17) is 4.74 Å². The average molecular weight is 260 g/mol. The molecule has 0 unspecified atom stereocenters. The summed E-state index contributed by atoms with van der Waals surface area (Å²) in [5.74, 6) is 0.875. The van der Waals surface area contributed by atoms with Crippen LogP contribution >= 0.6 is 0 Å². The zero-order valence-corrected chi connectivity index (χ0v) is 11.8. The second-order valence-corrected chi connectivity index (χ2v) is 4.63. The van der Waals surface area contributed by atoms with Crippen LogP contribution in [-0.4, -0.2) is 0 Å². The molecule has 0 aliphatic rings. The van der Waals surface area contributed by atoms with E-state index < -0.39 is 0 Å². The van der Waals surface area contributed by atoms with Crippen molar-refractivity contribution in [2.75, 3.05) is 0 Å². The number of rotatable bonds is 6. The predicted molar refractivity (Wildman–Crippen MR) is 78.1 cm³/mol. The van der Waals surface area contributed by atoms with Crippen LogP contribution in [0, 0.1) is 11.7 Å². The van der Waals surface area contributed by atoms with Gasteiger partial charge in [0.1, 0.15) is 18.2 Å². The Hall–Kier alpha value is -1.83. The summed E-state index contributed by atoms with van der Waals surface area (Å²) in [6, 6.07) is 6.62. The molecule has 1 aromatic rings. The van der Waals surface area contributed by atoms with Gasteiger partial charge in [-0.1, -0.05) is 50.3 Å². The molecule has 2 heteroatoms. The quantitative estimate of drug-likeness (QED) is 0.516. The smallest absolute Gasteiger partial charge is 0.129 e. The molecular weight excluding hydrogens is 239 g/mol. The Morgan fingerprint density at radius 1 is 1.32 bits per heavy atom. The van der Waals surface area contributed by atoms with E-state index in [1.54, 1.807) is 18.2 Å². The molecule has 0 amide bonds. The first kappa shape index (κ1) is 15.2. The molecule has 1 rings (SSSR count). The van der Waals surface area contributed by atoms with Crippen LogP contribution in [0.2, 0.25) is 0 Å². The van der Waals surface area contributed by atoms with Crippen LogP contribution in [0.4, 0.5) is 4.39 Å². The molecule has 0 aliphatic carbocycles. The van der Waals surface area contributed by atoms with E-state index in [-0.39, 0.29) is 12.4 Å². The second-order valence-electron chi connectivity index (χ2n) is 4.63. The van der Waals surface area contributed by atoms with Crippen LogP contribution in [0.25, 0.3) is 0 Å². The Morgan fingerprint density at radius 3 is 2.58 bits per heavy atom. The lowest BCUT2D eigenvalue weighted by molar-refractivity contribution is 0.206. The average Bonchev–Trinajstić information content (AvgIpc) is 2.40. The Balaban J connectivity index is 2.60.